The molecule has 8 heteroatoms. The largest absolute Gasteiger partial charge is 0.334 e. The number of aromatic nitrogens is 3. The van der Waals surface area contributed by atoms with Crippen LogP contribution in [0.25, 0.3) is 11.5 Å². The number of halogens is 1. The summed E-state index contributed by atoms with van der Waals surface area (Å²) in [7, 11) is 0. The number of urea groups is 1. The fourth-order valence-electron chi connectivity index (χ4n) is 2.72. The number of hydrogen-bond donors (Lipinski definition) is 2. The molecule has 138 valence electrons. The van der Waals surface area contributed by atoms with Gasteiger partial charge in [-0.1, -0.05) is 22.8 Å². The molecular formula is C19H18ClN5O2. The lowest BCUT2D eigenvalue weighted by atomic mass is 10.1. The summed E-state index contributed by atoms with van der Waals surface area (Å²) in [5.41, 5.74) is 3.09. The molecule has 2 amide bonds. The van der Waals surface area contributed by atoms with Crippen molar-refractivity contribution in [1.29, 1.82) is 0 Å². The first-order valence-corrected chi connectivity index (χ1v) is 9.05. The lowest BCUT2D eigenvalue weighted by molar-refractivity contribution is 0.251. The minimum Gasteiger partial charge on any atom is -0.334 e. The number of rotatable bonds is 5. The quantitative estimate of drug-likeness (QED) is 0.685. The van der Waals surface area contributed by atoms with Crippen LogP contribution in [-0.2, 0) is 6.54 Å². The molecule has 3 aromatic rings. The summed E-state index contributed by atoms with van der Waals surface area (Å²) < 4.78 is 5.37. The zero-order valence-electron chi connectivity index (χ0n) is 14.7. The highest BCUT2D eigenvalue weighted by Crippen LogP contribution is 2.39. The number of anilines is 1. The normalized spacial score (nSPS) is 13.4. The average molecular weight is 384 g/mol. The number of amides is 2. The molecule has 0 aliphatic heterocycles. The summed E-state index contributed by atoms with van der Waals surface area (Å²) in [4.78, 5) is 20.9. The van der Waals surface area contributed by atoms with Crippen LogP contribution in [0.2, 0.25) is 5.02 Å². The van der Waals surface area contributed by atoms with E-state index in [0.717, 1.165) is 24.0 Å². The van der Waals surface area contributed by atoms with Gasteiger partial charge in [0.1, 0.15) is 0 Å². The molecule has 2 N–H and O–H groups in total. The fraction of sp³-hybridized carbons (Fsp3) is 0.263. The maximum absolute atomic E-state index is 12.3. The molecule has 27 heavy (non-hydrogen) atoms. The van der Waals surface area contributed by atoms with E-state index in [1.54, 1.807) is 30.6 Å². The minimum absolute atomic E-state index is 0.359. The van der Waals surface area contributed by atoms with Gasteiger partial charge in [0.2, 0.25) is 0 Å². The second-order valence-electron chi connectivity index (χ2n) is 6.60. The number of carbonyl (C=O) groups excluding carboxylic acids is 1. The van der Waals surface area contributed by atoms with Crippen LogP contribution >= 0.6 is 11.6 Å². The van der Waals surface area contributed by atoms with Gasteiger partial charge in [0, 0.05) is 29.9 Å². The highest BCUT2D eigenvalue weighted by Gasteiger charge is 2.29. The molecule has 1 saturated carbocycles. The van der Waals surface area contributed by atoms with E-state index in [9.17, 15) is 4.79 Å². The van der Waals surface area contributed by atoms with E-state index < -0.39 is 0 Å². The van der Waals surface area contributed by atoms with Crippen molar-refractivity contribution >= 4 is 23.3 Å². The van der Waals surface area contributed by atoms with E-state index in [2.05, 4.69) is 25.8 Å². The van der Waals surface area contributed by atoms with Gasteiger partial charge in [-0.3, -0.25) is 4.98 Å². The van der Waals surface area contributed by atoms with E-state index >= 15 is 0 Å². The molecular weight excluding hydrogens is 366 g/mol. The first kappa shape index (κ1) is 17.5. The molecule has 1 aliphatic carbocycles. The molecule has 2 heterocycles. The van der Waals surface area contributed by atoms with Crippen molar-refractivity contribution in [2.75, 3.05) is 5.32 Å². The topological polar surface area (TPSA) is 92.9 Å². The number of carbonyl (C=O) groups is 1. The second-order valence-corrected chi connectivity index (χ2v) is 7.04. The zero-order valence-corrected chi connectivity index (χ0v) is 15.5. The standard InChI is InChI=1S/C19H18ClN5O2/c1-11-6-12(9-21-8-11)10-22-19(26)23-16-7-14(20)4-5-15(16)18-24-17(25-27-18)13-2-3-13/h4-9,13H,2-3,10H2,1H3,(H2,22,23,26). The van der Waals surface area contributed by atoms with E-state index in [1.165, 1.54) is 0 Å². The lowest BCUT2D eigenvalue weighted by Gasteiger charge is -2.11. The molecule has 0 unspecified atom stereocenters. The van der Waals surface area contributed by atoms with Crippen LogP contribution < -0.4 is 10.6 Å². The van der Waals surface area contributed by atoms with Gasteiger partial charge in [0.15, 0.2) is 5.82 Å². The minimum atomic E-state index is -0.359. The fourth-order valence-corrected chi connectivity index (χ4v) is 2.89. The van der Waals surface area contributed by atoms with Gasteiger partial charge in [0.05, 0.1) is 11.3 Å². The molecule has 4 rings (SSSR count). The Morgan fingerprint density at radius 2 is 2.15 bits per heavy atom. The number of benzene rings is 1. The van der Waals surface area contributed by atoms with Crippen molar-refractivity contribution in [3.05, 3.63) is 58.6 Å². The lowest BCUT2D eigenvalue weighted by Crippen LogP contribution is -2.28. The van der Waals surface area contributed by atoms with Gasteiger partial charge >= 0.3 is 6.03 Å². The van der Waals surface area contributed by atoms with Crippen LogP contribution in [0.1, 0.15) is 35.7 Å². The van der Waals surface area contributed by atoms with Crippen molar-refractivity contribution in [2.45, 2.75) is 32.2 Å². The predicted octanol–water partition coefficient (Wildman–Crippen LogP) is 4.29. The smallest absolute Gasteiger partial charge is 0.319 e. The zero-order chi connectivity index (χ0) is 18.8. The first-order chi connectivity index (χ1) is 13.1. The average Bonchev–Trinajstić information content (AvgIpc) is 3.38. The van der Waals surface area contributed by atoms with Crippen LogP contribution in [0.5, 0.6) is 0 Å². The summed E-state index contributed by atoms with van der Waals surface area (Å²) >= 11 is 6.10. The molecule has 1 fully saturated rings. The van der Waals surface area contributed by atoms with E-state index in [-0.39, 0.29) is 6.03 Å². The predicted molar refractivity (Wildman–Crippen MR) is 102 cm³/mol. The van der Waals surface area contributed by atoms with Gasteiger partial charge in [-0.2, -0.15) is 4.98 Å². The van der Waals surface area contributed by atoms with Crippen molar-refractivity contribution in [3.63, 3.8) is 0 Å². The SMILES string of the molecule is Cc1cncc(CNC(=O)Nc2cc(Cl)ccc2-c2nc(C3CC3)no2)c1. The van der Waals surface area contributed by atoms with Crippen LogP contribution in [0.4, 0.5) is 10.5 Å². The van der Waals surface area contributed by atoms with Crippen molar-refractivity contribution in [2.24, 2.45) is 0 Å². The maximum Gasteiger partial charge on any atom is 0.319 e. The van der Waals surface area contributed by atoms with Gasteiger partial charge in [0.25, 0.3) is 5.89 Å². The van der Waals surface area contributed by atoms with Gasteiger partial charge in [-0.15, -0.1) is 0 Å². The van der Waals surface area contributed by atoms with E-state index in [4.69, 9.17) is 16.1 Å². The second kappa shape index (κ2) is 7.36. The highest BCUT2D eigenvalue weighted by atomic mass is 35.5. The van der Waals surface area contributed by atoms with Gasteiger partial charge < -0.3 is 15.2 Å². The molecule has 0 radical (unpaired) electrons. The Morgan fingerprint density at radius 3 is 2.93 bits per heavy atom. The first-order valence-electron chi connectivity index (χ1n) is 8.67. The maximum atomic E-state index is 12.3. The number of aryl methyl sites for hydroxylation is 1. The Hall–Kier alpha value is -2.93. The van der Waals surface area contributed by atoms with E-state index in [1.807, 2.05) is 13.0 Å². The summed E-state index contributed by atoms with van der Waals surface area (Å²) in [6.07, 6.45) is 5.65. The van der Waals surface area contributed by atoms with Crippen LogP contribution in [0, 0.1) is 6.92 Å². The molecule has 2 aromatic heterocycles. The van der Waals surface area contributed by atoms with Gasteiger partial charge in [-0.05, 0) is 49.1 Å². The van der Waals surface area contributed by atoms with Crippen LogP contribution in [0.15, 0.2) is 41.2 Å². The third-order valence-corrected chi connectivity index (χ3v) is 4.46. The molecule has 1 aromatic carbocycles. The number of pyridine rings is 1. The summed E-state index contributed by atoms with van der Waals surface area (Å²) in [5.74, 6) is 1.46. The van der Waals surface area contributed by atoms with Crippen molar-refractivity contribution < 1.29 is 9.32 Å². The third kappa shape index (κ3) is 4.25. The number of nitrogens with one attached hydrogen (secondary N) is 2. The Bertz CT molecular complexity index is 984. The number of hydrogen-bond acceptors (Lipinski definition) is 5. The Morgan fingerprint density at radius 1 is 1.30 bits per heavy atom. The van der Waals surface area contributed by atoms with Gasteiger partial charge in [-0.25, -0.2) is 4.79 Å². The molecule has 7 nitrogen and oxygen atoms in total. The van der Waals surface area contributed by atoms with E-state index in [0.29, 0.717) is 40.5 Å². The number of nitrogens with zero attached hydrogens (tertiary/aromatic N) is 3. The van der Waals surface area contributed by atoms with Crippen molar-refractivity contribution in [3.8, 4) is 11.5 Å². The van der Waals surface area contributed by atoms with Crippen molar-refractivity contribution in [1.82, 2.24) is 20.4 Å². The highest BCUT2D eigenvalue weighted by molar-refractivity contribution is 6.31. The summed E-state index contributed by atoms with van der Waals surface area (Å²) in [6, 6.07) is 6.75. The van der Waals surface area contributed by atoms with Crippen LogP contribution in [-0.4, -0.2) is 21.2 Å². The Labute approximate surface area is 161 Å². The third-order valence-electron chi connectivity index (χ3n) is 4.23. The molecule has 0 bridgehead atoms. The summed E-state index contributed by atoms with van der Waals surface area (Å²) in [6.45, 7) is 2.32. The molecule has 0 atom stereocenters. The van der Waals surface area contributed by atoms with Crippen LogP contribution in [0.3, 0.4) is 0 Å². The molecule has 1 aliphatic rings. The summed E-state index contributed by atoms with van der Waals surface area (Å²) in [5, 5.41) is 10.1. The Balaban J connectivity index is 1.48. The molecule has 0 saturated heterocycles. The Kier molecular flexibility index (Phi) is 4.77. The monoisotopic (exact) mass is 383 g/mol. The molecule has 0 spiro atoms.